The normalized spacial score (nSPS) is 11.6. The molecule has 0 amide bonds. The number of thiazole rings is 1. The summed E-state index contributed by atoms with van der Waals surface area (Å²) in [6.45, 7) is 6.89. The quantitative estimate of drug-likeness (QED) is 0.727. The molecule has 0 spiro atoms. The molecule has 0 aliphatic carbocycles. The van der Waals surface area contributed by atoms with Crippen molar-refractivity contribution in [3.8, 4) is 5.75 Å². The molecule has 0 saturated heterocycles. The third kappa shape index (κ3) is 3.94. The lowest BCUT2D eigenvalue weighted by Gasteiger charge is -2.14. The SMILES string of the molecule is CC(C)(C)c1csc(COc2cc(Br)ccc2Cl)n1. The summed E-state index contributed by atoms with van der Waals surface area (Å²) in [5, 5.41) is 3.65. The van der Waals surface area contributed by atoms with Gasteiger partial charge in [-0.05, 0) is 18.2 Å². The number of hydrogen-bond donors (Lipinski definition) is 0. The van der Waals surface area contributed by atoms with E-state index in [1.165, 1.54) is 0 Å². The fraction of sp³-hybridized carbons (Fsp3) is 0.357. The van der Waals surface area contributed by atoms with Gasteiger partial charge in [0.05, 0.1) is 10.7 Å². The van der Waals surface area contributed by atoms with Gasteiger partial charge in [-0.3, -0.25) is 0 Å². The standard InChI is InChI=1S/C14H15BrClNOS/c1-14(2,3)12-8-19-13(17-12)7-18-11-6-9(15)4-5-10(11)16/h4-6,8H,7H2,1-3H3. The molecule has 102 valence electrons. The lowest BCUT2D eigenvalue weighted by molar-refractivity contribution is 0.305. The smallest absolute Gasteiger partial charge is 0.140 e. The van der Waals surface area contributed by atoms with Gasteiger partial charge in [0.1, 0.15) is 17.4 Å². The third-order valence-corrected chi connectivity index (χ3v) is 4.19. The lowest BCUT2D eigenvalue weighted by Crippen LogP contribution is -2.11. The van der Waals surface area contributed by atoms with Gasteiger partial charge in [0.25, 0.3) is 0 Å². The molecule has 1 aromatic carbocycles. The number of halogens is 2. The van der Waals surface area contributed by atoms with E-state index in [9.17, 15) is 0 Å². The summed E-state index contributed by atoms with van der Waals surface area (Å²) in [6.07, 6.45) is 0. The topological polar surface area (TPSA) is 22.1 Å². The molecule has 0 aliphatic heterocycles. The fourth-order valence-corrected chi connectivity index (χ4v) is 2.89. The van der Waals surface area contributed by atoms with Gasteiger partial charge >= 0.3 is 0 Å². The van der Waals surface area contributed by atoms with E-state index in [1.807, 2.05) is 18.2 Å². The lowest BCUT2D eigenvalue weighted by atomic mass is 9.93. The molecule has 19 heavy (non-hydrogen) atoms. The number of ether oxygens (including phenoxy) is 1. The van der Waals surface area contributed by atoms with Crippen LogP contribution in [0.3, 0.4) is 0 Å². The molecular weight excluding hydrogens is 346 g/mol. The molecule has 1 heterocycles. The predicted molar refractivity (Wildman–Crippen MR) is 84.3 cm³/mol. The molecule has 0 aliphatic rings. The molecule has 0 saturated carbocycles. The molecule has 0 bridgehead atoms. The van der Waals surface area contributed by atoms with Gasteiger partial charge in [0.2, 0.25) is 0 Å². The van der Waals surface area contributed by atoms with Crippen molar-refractivity contribution in [2.45, 2.75) is 32.8 Å². The molecule has 2 rings (SSSR count). The first kappa shape index (κ1) is 14.8. The first-order valence-electron chi connectivity index (χ1n) is 5.89. The van der Waals surface area contributed by atoms with Crippen molar-refractivity contribution in [1.82, 2.24) is 4.98 Å². The Morgan fingerprint density at radius 3 is 2.74 bits per heavy atom. The second kappa shape index (κ2) is 5.81. The Morgan fingerprint density at radius 2 is 2.11 bits per heavy atom. The molecule has 2 nitrogen and oxygen atoms in total. The maximum absolute atomic E-state index is 6.08. The molecule has 0 atom stereocenters. The largest absolute Gasteiger partial charge is 0.485 e. The molecule has 1 aromatic heterocycles. The van der Waals surface area contributed by atoms with E-state index in [0.29, 0.717) is 17.4 Å². The zero-order valence-corrected chi connectivity index (χ0v) is 14.2. The number of hydrogen-bond acceptors (Lipinski definition) is 3. The van der Waals surface area contributed by atoms with Crippen molar-refractivity contribution in [3.05, 3.63) is 43.8 Å². The molecule has 0 radical (unpaired) electrons. The molecule has 0 N–H and O–H groups in total. The molecule has 0 fully saturated rings. The van der Waals surface area contributed by atoms with Crippen LogP contribution in [0.25, 0.3) is 0 Å². The van der Waals surface area contributed by atoms with Crippen LogP contribution < -0.4 is 4.74 Å². The Balaban J connectivity index is 2.06. The van der Waals surface area contributed by atoms with Crippen molar-refractivity contribution in [2.24, 2.45) is 0 Å². The van der Waals surface area contributed by atoms with Crippen LogP contribution in [0.1, 0.15) is 31.5 Å². The summed E-state index contributed by atoms with van der Waals surface area (Å²) in [5.74, 6) is 0.670. The van der Waals surface area contributed by atoms with Gasteiger partial charge in [0, 0.05) is 15.3 Å². The Labute approximate surface area is 130 Å². The van der Waals surface area contributed by atoms with Crippen molar-refractivity contribution in [3.63, 3.8) is 0 Å². The van der Waals surface area contributed by atoms with E-state index in [4.69, 9.17) is 16.3 Å². The summed E-state index contributed by atoms with van der Waals surface area (Å²) in [6, 6.07) is 5.56. The van der Waals surface area contributed by atoms with Crippen LogP contribution in [0.4, 0.5) is 0 Å². The second-order valence-electron chi connectivity index (χ2n) is 5.24. The van der Waals surface area contributed by atoms with Crippen LogP contribution >= 0.6 is 38.9 Å². The van der Waals surface area contributed by atoms with Crippen LogP contribution in [-0.2, 0) is 12.0 Å². The summed E-state index contributed by atoms with van der Waals surface area (Å²) >= 11 is 11.1. The Bertz CT molecular complexity index is 577. The maximum atomic E-state index is 6.08. The van der Waals surface area contributed by atoms with Crippen molar-refractivity contribution < 1.29 is 4.74 Å². The molecular formula is C14H15BrClNOS. The predicted octanol–water partition coefficient (Wildman–Crippen LogP) is 5.44. The van der Waals surface area contributed by atoms with Gasteiger partial charge in [-0.25, -0.2) is 4.98 Å². The number of nitrogens with zero attached hydrogens (tertiary/aromatic N) is 1. The number of benzene rings is 1. The third-order valence-electron chi connectivity index (χ3n) is 2.56. The van der Waals surface area contributed by atoms with Gasteiger partial charge in [0.15, 0.2) is 0 Å². The maximum Gasteiger partial charge on any atom is 0.140 e. The van der Waals surface area contributed by atoms with Crippen LogP contribution in [0.15, 0.2) is 28.1 Å². The van der Waals surface area contributed by atoms with Crippen LogP contribution in [0.5, 0.6) is 5.75 Å². The van der Waals surface area contributed by atoms with Crippen molar-refractivity contribution >= 4 is 38.9 Å². The molecule has 2 aromatic rings. The highest BCUT2D eigenvalue weighted by molar-refractivity contribution is 9.10. The Kier molecular flexibility index (Phi) is 4.54. The first-order valence-corrected chi connectivity index (χ1v) is 7.94. The van der Waals surface area contributed by atoms with Gasteiger partial charge in [-0.15, -0.1) is 11.3 Å². The van der Waals surface area contributed by atoms with Crippen molar-refractivity contribution in [1.29, 1.82) is 0 Å². The summed E-state index contributed by atoms with van der Waals surface area (Å²) in [5.41, 5.74) is 1.17. The zero-order chi connectivity index (χ0) is 14.0. The van der Waals surface area contributed by atoms with E-state index >= 15 is 0 Å². The van der Waals surface area contributed by atoms with E-state index in [-0.39, 0.29) is 5.41 Å². The average molecular weight is 361 g/mol. The molecule has 0 unspecified atom stereocenters. The number of aromatic nitrogens is 1. The Hall–Kier alpha value is -0.580. The minimum absolute atomic E-state index is 0.0716. The van der Waals surface area contributed by atoms with E-state index < -0.39 is 0 Å². The van der Waals surface area contributed by atoms with Gasteiger partial charge in [-0.2, -0.15) is 0 Å². The summed E-state index contributed by atoms with van der Waals surface area (Å²) in [4.78, 5) is 4.59. The molecule has 5 heteroatoms. The van der Waals surface area contributed by atoms with Crippen LogP contribution in [0, 0.1) is 0 Å². The van der Waals surface area contributed by atoms with Gasteiger partial charge < -0.3 is 4.74 Å². The van der Waals surface area contributed by atoms with E-state index in [1.54, 1.807) is 11.3 Å². The van der Waals surface area contributed by atoms with Crippen molar-refractivity contribution in [2.75, 3.05) is 0 Å². The highest BCUT2D eigenvalue weighted by Crippen LogP contribution is 2.29. The fourth-order valence-electron chi connectivity index (χ4n) is 1.45. The highest BCUT2D eigenvalue weighted by Gasteiger charge is 2.17. The highest BCUT2D eigenvalue weighted by atomic mass is 79.9. The van der Waals surface area contributed by atoms with Crippen LogP contribution in [0.2, 0.25) is 5.02 Å². The number of rotatable bonds is 3. The van der Waals surface area contributed by atoms with Gasteiger partial charge in [-0.1, -0.05) is 48.3 Å². The first-order chi connectivity index (χ1) is 8.86. The zero-order valence-electron chi connectivity index (χ0n) is 11.0. The summed E-state index contributed by atoms with van der Waals surface area (Å²) in [7, 11) is 0. The monoisotopic (exact) mass is 359 g/mol. The van der Waals surface area contributed by atoms with E-state index in [0.717, 1.165) is 15.2 Å². The minimum atomic E-state index is 0.0716. The summed E-state index contributed by atoms with van der Waals surface area (Å²) < 4.78 is 6.66. The van der Waals surface area contributed by atoms with Crippen LogP contribution in [-0.4, -0.2) is 4.98 Å². The second-order valence-corrected chi connectivity index (χ2v) is 7.51. The van der Waals surface area contributed by atoms with E-state index in [2.05, 4.69) is 47.1 Å². The minimum Gasteiger partial charge on any atom is -0.485 e. The average Bonchev–Trinajstić information content (AvgIpc) is 2.79. The Morgan fingerprint density at radius 1 is 1.37 bits per heavy atom.